The molecule has 1 heterocycles. The number of rotatable bonds is 7. The number of carbonyl (C=O) groups excluding carboxylic acids is 4. The lowest BCUT2D eigenvalue weighted by atomic mass is 9.46. The molecule has 1 aliphatic heterocycles. The van der Waals surface area contributed by atoms with Crippen LogP contribution >= 0.6 is 0 Å². The third-order valence-corrected chi connectivity index (χ3v) is 9.43. The fourth-order valence-corrected chi connectivity index (χ4v) is 7.62. The van der Waals surface area contributed by atoms with Gasteiger partial charge in [-0.05, 0) is 51.5 Å². The highest BCUT2D eigenvalue weighted by atomic mass is 16.6. The van der Waals surface area contributed by atoms with E-state index < -0.39 is 83.0 Å². The molecule has 5 rings (SSSR count). The van der Waals surface area contributed by atoms with E-state index >= 15 is 0 Å². The minimum Gasteiger partial charge on any atom is -0.465 e. The molecule has 1 spiro atoms. The predicted octanol–water partition coefficient (Wildman–Crippen LogP) is 3.00. The standard InChI is InChI=1S/C33H38O11/c1-19(34)40-18-32-25(43-29(38)22-14-10-7-11-15-22)16-23-27(41-20(2)35)33(32,44-30(23,3)4)31(5,39)17-24(26(32)36)42-28(37)21-12-8-6-9-13-21/h6-15,23-27,36,39H,16-18H2,1-5H3/t23-,24+,25+,26+,27-,31+,32-,33+/m1/s1. The van der Waals surface area contributed by atoms with Gasteiger partial charge < -0.3 is 33.9 Å². The van der Waals surface area contributed by atoms with Gasteiger partial charge in [-0.15, -0.1) is 0 Å². The molecule has 2 aromatic rings. The van der Waals surface area contributed by atoms with Gasteiger partial charge in [-0.25, -0.2) is 9.59 Å². The highest BCUT2D eigenvalue weighted by molar-refractivity contribution is 5.90. The van der Waals surface area contributed by atoms with E-state index in [2.05, 4.69) is 0 Å². The zero-order valence-electron chi connectivity index (χ0n) is 25.4. The van der Waals surface area contributed by atoms with Gasteiger partial charge in [0.15, 0.2) is 0 Å². The normalized spacial score (nSPS) is 35.1. The molecule has 11 nitrogen and oxygen atoms in total. The summed E-state index contributed by atoms with van der Waals surface area (Å²) in [6, 6.07) is 16.3. The van der Waals surface area contributed by atoms with Gasteiger partial charge in [-0.2, -0.15) is 0 Å². The van der Waals surface area contributed by atoms with Gasteiger partial charge in [0, 0.05) is 26.2 Å². The SMILES string of the molecule is CC(=O)OC[C@]12[C@@H](OC(=O)c3ccccc3)C[C@@H]3[C@@H](OC(C)=O)[C@]1(OC3(C)C)[C@@](C)(O)C[C@H](OC(=O)c1ccccc1)[C@@H]2O. The molecule has 2 bridgehead atoms. The second kappa shape index (κ2) is 11.3. The van der Waals surface area contributed by atoms with Crippen LogP contribution in [0.25, 0.3) is 0 Å². The van der Waals surface area contributed by atoms with Crippen molar-refractivity contribution in [2.24, 2.45) is 11.3 Å². The van der Waals surface area contributed by atoms with E-state index in [9.17, 15) is 29.4 Å². The molecule has 0 radical (unpaired) electrons. The monoisotopic (exact) mass is 610 g/mol. The van der Waals surface area contributed by atoms with Crippen molar-refractivity contribution in [1.29, 1.82) is 0 Å². The van der Waals surface area contributed by atoms with Crippen molar-refractivity contribution < 1.29 is 53.1 Å². The van der Waals surface area contributed by atoms with E-state index in [1.54, 1.807) is 74.5 Å². The van der Waals surface area contributed by atoms with Gasteiger partial charge in [0.05, 0.1) is 22.3 Å². The van der Waals surface area contributed by atoms with E-state index in [1.165, 1.54) is 20.8 Å². The molecule has 0 amide bonds. The van der Waals surface area contributed by atoms with Crippen molar-refractivity contribution in [3.63, 3.8) is 0 Å². The molecule has 236 valence electrons. The lowest BCUT2D eigenvalue weighted by Gasteiger charge is -2.65. The smallest absolute Gasteiger partial charge is 0.338 e. The quantitative estimate of drug-likeness (QED) is 0.351. The number of aliphatic hydroxyl groups excluding tert-OH is 1. The molecular weight excluding hydrogens is 572 g/mol. The Bertz CT molecular complexity index is 1420. The summed E-state index contributed by atoms with van der Waals surface area (Å²) in [5, 5.41) is 24.8. The minimum atomic E-state index is -1.99. The molecule has 3 aliphatic rings. The molecule has 11 heteroatoms. The van der Waals surface area contributed by atoms with Crippen molar-refractivity contribution in [2.45, 2.75) is 88.7 Å². The molecule has 2 aromatic carbocycles. The Morgan fingerprint density at radius 3 is 1.91 bits per heavy atom. The van der Waals surface area contributed by atoms with Crippen LogP contribution in [-0.4, -0.2) is 81.9 Å². The van der Waals surface area contributed by atoms with Crippen LogP contribution < -0.4 is 0 Å². The third-order valence-electron chi connectivity index (χ3n) is 9.43. The van der Waals surface area contributed by atoms with Gasteiger partial charge in [0.1, 0.15) is 42.0 Å². The Morgan fingerprint density at radius 2 is 1.39 bits per heavy atom. The van der Waals surface area contributed by atoms with Crippen LogP contribution in [0.2, 0.25) is 0 Å². The van der Waals surface area contributed by atoms with Crippen LogP contribution in [0.15, 0.2) is 60.7 Å². The van der Waals surface area contributed by atoms with Crippen molar-refractivity contribution in [3.05, 3.63) is 71.8 Å². The second-order valence-corrected chi connectivity index (χ2v) is 12.6. The zero-order chi connectivity index (χ0) is 32.1. The summed E-state index contributed by atoms with van der Waals surface area (Å²) >= 11 is 0. The maximum Gasteiger partial charge on any atom is 0.338 e. The average molecular weight is 611 g/mol. The Kier molecular flexibility index (Phi) is 8.11. The fraction of sp³-hybridized carbons (Fsp3) is 0.515. The summed E-state index contributed by atoms with van der Waals surface area (Å²) in [5.41, 5.74) is -6.59. The first-order valence-electron chi connectivity index (χ1n) is 14.6. The molecule has 44 heavy (non-hydrogen) atoms. The van der Waals surface area contributed by atoms with E-state index in [0.29, 0.717) is 0 Å². The predicted molar refractivity (Wildman–Crippen MR) is 153 cm³/mol. The van der Waals surface area contributed by atoms with Crippen LogP contribution in [0, 0.1) is 11.3 Å². The molecular formula is C33H38O11. The summed E-state index contributed by atoms with van der Waals surface area (Å²) in [7, 11) is 0. The summed E-state index contributed by atoms with van der Waals surface area (Å²) in [6.45, 7) is 6.71. The maximum absolute atomic E-state index is 13.5. The summed E-state index contributed by atoms with van der Waals surface area (Å²) < 4.78 is 30.2. The van der Waals surface area contributed by atoms with E-state index in [1.807, 2.05) is 0 Å². The number of fused-ring (bicyclic) bond motifs is 1. The largest absolute Gasteiger partial charge is 0.465 e. The number of hydrogen-bond acceptors (Lipinski definition) is 11. The summed E-state index contributed by atoms with van der Waals surface area (Å²) in [5.74, 6) is -3.50. The molecule has 1 saturated heterocycles. The van der Waals surface area contributed by atoms with E-state index in [0.717, 1.165) is 0 Å². The Balaban J connectivity index is 1.70. The highest BCUT2D eigenvalue weighted by Crippen LogP contribution is 2.68. The average Bonchev–Trinajstić information content (AvgIpc) is 3.13. The number of esters is 4. The van der Waals surface area contributed by atoms with Gasteiger partial charge >= 0.3 is 23.9 Å². The van der Waals surface area contributed by atoms with Gasteiger partial charge in [-0.3, -0.25) is 9.59 Å². The minimum absolute atomic E-state index is 0.000966. The number of aliphatic hydroxyl groups is 2. The van der Waals surface area contributed by atoms with Crippen molar-refractivity contribution in [3.8, 4) is 0 Å². The van der Waals surface area contributed by atoms with E-state index in [4.69, 9.17) is 23.7 Å². The molecule has 8 atom stereocenters. The second-order valence-electron chi connectivity index (χ2n) is 12.6. The van der Waals surface area contributed by atoms with Crippen molar-refractivity contribution in [2.75, 3.05) is 6.61 Å². The topological polar surface area (TPSA) is 155 Å². The molecule has 0 aromatic heterocycles. The van der Waals surface area contributed by atoms with Crippen LogP contribution in [-0.2, 0) is 33.3 Å². The Hall–Kier alpha value is -3.80. The zero-order valence-corrected chi connectivity index (χ0v) is 25.4. The first-order valence-corrected chi connectivity index (χ1v) is 14.6. The first-order chi connectivity index (χ1) is 20.7. The molecule has 0 unspecified atom stereocenters. The van der Waals surface area contributed by atoms with Gasteiger partial charge in [-0.1, -0.05) is 36.4 Å². The van der Waals surface area contributed by atoms with Gasteiger partial charge in [0.25, 0.3) is 0 Å². The molecule has 2 N–H and O–H groups in total. The number of ether oxygens (including phenoxy) is 5. The number of benzene rings is 2. The maximum atomic E-state index is 13.5. The molecule has 2 saturated carbocycles. The van der Waals surface area contributed by atoms with Gasteiger partial charge in [0.2, 0.25) is 0 Å². The number of carbonyl (C=O) groups is 4. The lowest BCUT2D eigenvalue weighted by molar-refractivity contribution is -0.354. The van der Waals surface area contributed by atoms with Crippen molar-refractivity contribution >= 4 is 23.9 Å². The Morgan fingerprint density at radius 1 is 0.841 bits per heavy atom. The molecule has 3 fully saturated rings. The summed E-state index contributed by atoms with van der Waals surface area (Å²) in [4.78, 5) is 51.6. The van der Waals surface area contributed by atoms with Crippen LogP contribution in [0.4, 0.5) is 0 Å². The van der Waals surface area contributed by atoms with Crippen LogP contribution in [0.1, 0.15) is 68.2 Å². The van der Waals surface area contributed by atoms with E-state index in [-0.39, 0.29) is 24.0 Å². The molecule has 2 aliphatic carbocycles. The lowest BCUT2D eigenvalue weighted by Crippen LogP contribution is -2.83. The Labute approximate surface area is 255 Å². The highest BCUT2D eigenvalue weighted by Gasteiger charge is 2.85. The van der Waals surface area contributed by atoms with Crippen LogP contribution in [0.5, 0.6) is 0 Å². The van der Waals surface area contributed by atoms with Crippen molar-refractivity contribution in [1.82, 2.24) is 0 Å². The number of hydrogen-bond donors (Lipinski definition) is 2. The van der Waals surface area contributed by atoms with Crippen LogP contribution in [0.3, 0.4) is 0 Å². The first kappa shape index (κ1) is 31.6. The summed E-state index contributed by atoms with van der Waals surface area (Å²) in [6.07, 6.45) is -5.86. The fourth-order valence-electron chi connectivity index (χ4n) is 7.62. The third kappa shape index (κ3) is 4.96.